The molecule has 0 aliphatic carbocycles. The third kappa shape index (κ3) is 7.46. The van der Waals surface area contributed by atoms with Crippen molar-refractivity contribution in [3.05, 3.63) is 53.6 Å². The lowest BCUT2D eigenvalue weighted by Crippen LogP contribution is -2.24. The molecule has 1 atom stereocenters. The first-order valence-corrected chi connectivity index (χ1v) is 10.2. The minimum absolute atomic E-state index is 0.181. The number of carboxylic acids is 1. The first kappa shape index (κ1) is 23.9. The number of rotatable bonds is 11. The van der Waals surface area contributed by atoms with Crippen LogP contribution in [-0.2, 0) is 15.7 Å². The zero-order valence-corrected chi connectivity index (χ0v) is 17.4. The normalized spacial score (nSPS) is 12.4. The molecule has 1 N–H and O–H groups in total. The minimum atomic E-state index is -4.39. The van der Waals surface area contributed by atoms with E-state index in [9.17, 15) is 18.0 Å². The summed E-state index contributed by atoms with van der Waals surface area (Å²) in [6.07, 6.45) is -4.67. The van der Waals surface area contributed by atoms with Gasteiger partial charge in [0.1, 0.15) is 24.2 Å². The Balaban J connectivity index is 1.94. The van der Waals surface area contributed by atoms with E-state index in [1.165, 1.54) is 23.9 Å². The van der Waals surface area contributed by atoms with E-state index in [2.05, 4.69) is 0 Å². The molecule has 0 aliphatic heterocycles. The predicted molar refractivity (Wildman–Crippen MR) is 107 cm³/mol. The lowest BCUT2D eigenvalue weighted by atomic mass is 10.2. The van der Waals surface area contributed by atoms with Crippen molar-refractivity contribution in [2.75, 3.05) is 25.6 Å². The maximum Gasteiger partial charge on any atom is 0.416 e. The number of benzene rings is 2. The molecule has 0 radical (unpaired) electrons. The summed E-state index contributed by atoms with van der Waals surface area (Å²) in [5.74, 6) is 0.316. The van der Waals surface area contributed by atoms with Crippen LogP contribution in [0.3, 0.4) is 0 Å². The van der Waals surface area contributed by atoms with E-state index >= 15 is 0 Å². The van der Waals surface area contributed by atoms with Gasteiger partial charge in [-0.1, -0.05) is 6.07 Å². The van der Waals surface area contributed by atoms with Crippen LogP contribution in [0, 0.1) is 6.92 Å². The summed E-state index contributed by atoms with van der Waals surface area (Å²) in [5, 5.41) is 8.76. The van der Waals surface area contributed by atoms with Crippen LogP contribution < -0.4 is 9.47 Å². The Morgan fingerprint density at radius 3 is 2.43 bits per heavy atom. The third-order valence-corrected chi connectivity index (χ3v) is 5.32. The summed E-state index contributed by atoms with van der Waals surface area (Å²) in [6.45, 7) is 3.91. The Kier molecular flexibility index (Phi) is 8.86. The van der Waals surface area contributed by atoms with Crippen LogP contribution in [-0.4, -0.2) is 42.8 Å². The monoisotopic (exact) mass is 444 g/mol. The maximum absolute atomic E-state index is 12.6. The molecule has 0 bridgehead atoms. The summed E-state index contributed by atoms with van der Waals surface area (Å²) in [7, 11) is 0. The molecular formula is C21H23F3O5S. The number of ether oxygens (including phenoxy) is 3. The minimum Gasteiger partial charge on any atom is -0.491 e. The smallest absolute Gasteiger partial charge is 0.416 e. The zero-order chi connectivity index (χ0) is 22.1. The van der Waals surface area contributed by atoms with Crippen LogP contribution in [0.5, 0.6) is 11.5 Å². The van der Waals surface area contributed by atoms with Crippen LogP contribution >= 0.6 is 11.8 Å². The molecule has 0 heterocycles. The maximum atomic E-state index is 12.6. The highest BCUT2D eigenvalue weighted by Gasteiger charge is 2.30. The summed E-state index contributed by atoms with van der Waals surface area (Å²) >= 11 is 1.50. The van der Waals surface area contributed by atoms with Crippen LogP contribution in [0.1, 0.15) is 18.1 Å². The Labute approximate surface area is 177 Å². The van der Waals surface area contributed by atoms with Gasteiger partial charge >= 0.3 is 12.1 Å². The number of hydrogen-bond acceptors (Lipinski definition) is 5. The van der Waals surface area contributed by atoms with Crippen molar-refractivity contribution in [3.63, 3.8) is 0 Å². The largest absolute Gasteiger partial charge is 0.491 e. The van der Waals surface area contributed by atoms with Crippen LogP contribution in [0.2, 0.25) is 0 Å². The highest BCUT2D eigenvalue weighted by Crippen LogP contribution is 2.31. The topological polar surface area (TPSA) is 65.0 Å². The SMILES string of the molecule is CCO[C@H](COc1ccc(C(F)(F)F)cc1)CSc1cccc(OCC(=O)O)c1C. The Morgan fingerprint density at radius 1 is 1.13 bits per heavy atom. The summed E-state index contributed by atoms with van der Waals surface area (Å²) in [4.78, 5) is 11.6. The number of carbonyl (C=O) groups is 1. The molecule has 0 aliphatic rings. The molecule has 0 saturated carbocycles. The van der Waals surface area contributed by atoms with Gasteiger partial charge in [-0.05, 0) is 50.2 Å². The number of aliphatic carboxylic acids is 1. The van der Waals surface area contributed by atoms with Gasteiger partial charge in [-0.25, -0.2) is 4.79 Å². The molecule has 164 valence electrons. The summed E-state index contributed by atoms with van der Waals surface area (Å²) in [6, 6.07) is 9.90. The second-order valence-electron chi connectivity index (χ2n) is 6.28. The Hall–Kier alpha value is -2.39. The molecule has 0 unspecified atom stereocenters. The van der Waals surface area contributed by atoms with E-state index in [-0.39, 0.29) is 12.7 Å². The standard InChI is InChI=1S/C21H23F3O5S/c1-3-27-17(11-28-16-9-7-15(8-10-16)21(22,23)24)13-30-19-6-4-5-18(14(19)2)29-12-20(25)26/h4-10,17H,3,11-13H2,1-2H3,(H,25,26)/t17-/m1/s1. The average Bonchev–Trinajstić information content (AvgIpc) is 2.69. The van der Waals surface area contributed by atoms with E-state index < -0.39 is 24.3 Å². The number of carboxylic acid groups (broad SMARTS) is 1. The number of thioether (sulfide) groups is 1. The molecule has 2 rings (SSSR count). The van der Waals surface area contributed by atoms with Gasteiger partial charge in [0.2, 0.25) is 0 Å². The number of alkyl halides is 3. The van der Waals surface area contributed by atoms with E-state index in [4.69, 9.17) is 19.3 Å². The molecule has 2 aromatic carbocycles. The molecule has 0 amide bonds. The van der Waals surface area contributed by atoms with Crippen molar-refractivity contribution in [2.24, 2.45) is 0 Å². The fourth-order valence-electron chi connectivity index (χ4n) is 2.54. The number of hydrogen-bond donors (Lipinski definition) is 1. The second-order valence-corrected chi connectivity index (χ2v) is 7.35. The van der Waals surface area contributed by atoms with E-state index in [0.29, 0.717) is 23.9 Å². The van der Waals surface area contributed by atoms with Gasteiger partial charge in [-0.2, -0.15) is 13.2 Å². The first-order valence-electron chi connectivity index (χ1n) is 9.19. The van der Waals surface area contributed by atoms with Crippen molar-refractivity contribution < 1.29 is 37.3 Å². The van der Waals surface area contributed by atoms with Gasteiger partial charge in [0, 0.05) is 22.8 Å². The van der Waals surface area contributed by atoms with Gasteiger partial charge in [-0.15, -0.1) is 11.8 Å². The van der Waals surface area contributed by atoms with E-state index in [1.54, 1.807) is 12.1 Å². The van der Waals surface area contributed by atoms with Crippen molar-refractivity contribution in [1.29, 1.82) is 0 Å². The number of halogens is 3. The second kappa shape index (κ2) is 11.1. The third-order valence-electron chi connectivity index (χ3n) is 4.03. The van der Waals surface area contributed by atoms with Gasteiger partial charge < -0.3 is 19.3 Å². The zero-order valence-electron chi connectivity index (χ0n) is 16.6. The van der Waals surface area contributed by atoms with Gasteiger partial charge in [0.05, 0.1) is 5.56 Å². The average molecular weight is 444 g/mol. The summed E-state index contributed by atoms with van der Waals surface area (Å²) in [5.41, 5.74) is 0.0925. The Bertz CT molecular complexity index is 824. The predicted octanol–water partition coefficient (Wildman–Crippen LogP) is 5.05. The van der Waals surface area contributed by atoms with Crippen molar-refractivity contribution >= 4 is 17.7 Å². The molecule has 0 fully saturated rings. The van der Waals surface area contributed by atoms with E-state index in [1.807, 2.05) is 19.9 Å². The molecule has 9 heteroatoms. The lowest BCUT2D eigenvalue weighted by Gasteiger charge is -2.19. The Morgan fingerprint density at radius 2 is 1.83 bits per heavy atom. The van der Waals surface area contributed by atoms with Crippen LogP contribution in [0.15, 0.2) is 47.4 Å². The highest BCUT2D eigenvalue weighted by atomic mass is 32.2. The van der Waals surface area contributed by atoms with Crippen LogP contribution in [0.25, 0.3) is 0 Å². The summed E-state index contributed by atoms with van der Waals surface area (Å²) < 4.78 is 54.5. The lowest BCUT2D eigenvalue weighted by molar-refractivity contribution is -0.139. The molecule has 0 aromatic heterocycles. The first-order chi connectivity index (χ1) is 14.2. The van der Waals surface area contributed by atoms with Crippen molar-refractivity contribution in [1.82, 2.24) is 0 Å². The van der Waals surface area contributed by atoms with Gasteiger partial charge in [0.15, 0.2) is 6.61 Å². The van der Waals surface area contributed by atoms with Crippen molar-refractivity contribution in [3.8, 4) is 11.5 Å². The van der Waals surface area contributed by atoms with Gasteiger partial charge in [0.25, 0.3) is 0 Å². The fourth-order valence-corrected chi connectivity index (χ4v) is 3.59. The quantitative estimate of drug-likeness (QED) is 0.489. The molecule has 2 aromatic rings. The molecule has 0 saturated heterocycles. The molecule has 0 spiro atoms. The molecule has 5 nitrogen and oxygen atoms in total. The fraction of sp³-hybridized carbons (Fsp3) is 0.381. The van der Waals surface area contributed by atoms with E-state index in [0.717, 1.165) is 22.6 Å². The van der Waals surface area contributed by atoms with Crippen molar-refractivity contribution in [2.45, 2.75) is 31.0 Å². The van der Waals surface area contributed by atoms with Crippen LogP contribution in [0.4, 0.5) is 13.2 Å². The molecule has 30 heavy (non-hydrogen) atoms. The van der Waals surface area contributed by atoms with Gasteiger partial charge in [-0.3, -0.25) is 0 Å². The molecular weight excluding hydrogens is 421 g/mol. The highest BCUT2D eigenvalue weighted by molar-refractivity contribution is 7.99.